The zero-order valence-electron chi connectivity index (χ0n) is 20.0. The van der Waals surface area contributed by atoms with E-state index in [0.717, 1.165) is 16.5 Å². The molecule has 11 heteroatoms. The quantitative estimate of drug-likeness (QED) is 0.104. The maximum atomic E-state index is 12.5. The van der Waals surface area contributed by atoms with Gasteiger partial charge in [0.25, 0.3) is 17.5 Å². The number of nitro groups is 1. The zero-order chi connectivity index (χ0) is 27.4. The fourth-order valence-electron chi connectivity index (χ4n) is 3.74. The number of imide groups is 1. The summed E-state index contributed by atoms with van der Waals surface area (Å²) < 4.78 is 10.2. The number of rotatable bonds is 9. The van der Waals surface area contributed by atoms with E-state index in [-0.39, 0.29) is 29.0 Å². The number of nitrogens with zero attached hydrogens (tertiary/aromatic N) is 2. The number of amides is 2. The molecular formula is C27H20N2O9. The second-order valence-corrected chi connectivity index (χ2v) is 8.33. The Morgan fingerprint density at radius 2 is 1.55 bits per heavy atom. The second-order valence-electron chi connectivity index (χ2n) is 8.33. The van der Waals surface area contributed by atoms with Gasteiger partial charge in [-0.15, -0.1) is 0 Å². The molecule has 3 aromatic carbocycles. The maximum Gasteiger partial charge on any atom is 0.343 e. The van der Waals surface area contributed by atoms with Crippen LogP contribution in [0.1, 0.15) is 53.4 Å². The number of carbonyl (C=O) groups excluding carboxylic acids is 5. The molecule has 1 aliphatic rings. The van der Waals surface area contributed by atoms with Gasteiger partial charge in [0.1, 0.15) is 11.3 Å². The number of aryl methyl sites for hydroxylation is 1. The predicted octanol–water partition coefficient (Wildman–Crippen LogP) is 3.53. The van der Waals surface area contributed by atoms with Crippen LogP contribution in [0, 0.1) is 17.0 Å². The van der Waals surface area contributed by atoms with Crippen molar-refractivity contribution >= 4 is 35.2 Å². The standard InChI is InChI=1S/C27H20N2O9/c1-16-5-7-18(8-6-16)27(34)38-19-11-9-17(10-12-19)22(30)15-37-23(31)13-14-28-25(32)20-3-2-4-21(29(35)36)24(20)26(28)33/h2-12H,13-15H2,1H3. The number of nitro benzene ring substituents is 1. The molecule has 0 fully saturated rings. The van der Waals surface area contributed by atoms with Crippen LogP contribution in [0.4, 0.5) is 5.69 Å². The van der Waals surface area contributed by atoms with Gasteiger partial charge in [-0.1, -0.05) is 23.8 Å². The summed E-state index contributed by atoms with van der Waals surface area (Å²) in [6.45, 7) is 0.943. The molecule has 4 rings (SSSR count). The molecule has 0 saturated heterocycles. The first-order valence-corrected chi connectivity index (χ1v) is 11.4. The average Bonchev–Trinajstić information content (AvgIpc) is 3.15. The van der Waals surface area contributed by atoms with E-state index >= 15 is 0 Å². The van der Waals surface area contributed by atoms with Crippen molar-refractivity contribution in [2.24, 2.45) is 0 Å². The van der Waals surface area contributed by atoms with Crippen LogP contribution in [0.2, 0.25) is 0 Å². The van der Waals surface area contributed by atoms with Gasteiger partial charge >= 0.3 is 11.9 Å². The number of ether oxygens (including phenoxy) is 2. The third kappa shape index (κ3) is 5.46. The summed E-state index contributed by atoms with van der Waals surface area (Å²) in [7, 11) is 0. The van der Waals surface area contributed by atoms with E-state index < -0.39 is 53.2 Å². The van der Waals surface area contributed by atoms with Gasteiger partial charge in [-0.25, -0.2) is 4.79 Å². The summed E-state index contributed by atoms with van der Waals surface area (Å²) in [6, 6.07) is 16.3. The summed E-state index contributed by atoms with van der Waals surface area (Å²) in [5.41, 5.74) is 0.662. The zero-order valence-corrected chi connectivity index (χ0v) is 20.0. The van der Waals surface area contributed by atoms with Crippen molar-refractivity contribution in [2.45, 2.75) is 13.3 Å². The van der Waals surface area contributed by atoms with Gasteiger partial charge in [0.2, 0.25) is 0 Å². The molecule has 0 unspecified atom stereocenters. The largest absolute Gasteiger partial charge is 0.457 e. The van der Waals surface area contributed by atoms with Gasteiger partial charge in [0.05, 0.1) is 22.5 Å². The van der Waals surface area contributed by atoms with Crippen molar-refractivity contribution in [1.82, 2.24) is 4.90 Å². The number of fused-ring (bicyclic) bond motifs is 1. The molecule has 0 N–H and O–H groups in total. The monoisotopic (exact) mass is 516 g/mol. The van der Waals surface area contributed by atoms with E-state index in [1.165, 1.54) is 36.4 Å². The fourth-order valence-corrected chi connectivity index (χ4v) is 3.74. The number of carbonyl (C=O) groups is 5. The molecule has 38 heavy (non-hydrogen) atoms. The lowest BCUT2D eigenvalue weighted by Gasteiger charge is -2.13. The lowest BCUT2D eigenvalue weighted by atomic mass is 10.1. The molecule has 0 aromatic heterocycles. The molecule has 0 spiro atoms. The molecule has 0 saturated carbocycles. The first-order valence-electron chi connectivity index (χ1n) is 11.4. The highest BCUT2D eigenvalue weighted by atomic mass is 16.6. The highest BCUT2D eigenvalue weighted by molar-refractivity contribution is 6.23. The van der Waals surface area contributed by atoms with Gasteiger partial charge in [-0.2, -0.15) is 0 Å². The van der Waals surface area contributed by atoms with Gasteiger partial charge in [0.15, 0.2) is 12.4 Å². The molecule has 1 heterocycles. The van der Waals surface area contributed by atoms with Crippen LogP contribution in [0.25, 0.3) is 0 Å². The Bertz CT molecular complexity index is 1460. The molecule has 11 nitrogen and oxygen atoms in total. The normalized spacial score (nSPS) is 12.2. The summed E-state index contributed by atoms with van der Waals surface area (Å²) in [6.07, 6.45) is -0.402. The molecule has 3 aromatic rings. The molecule has 0 radical (unpaired) electrons. The molecule has 0 bridgehead atoms. The van der Waals surface area contributed by atoms with Crippen molar-refractivity contribution in [3.05, 3.63) is 105 Å². The van der Waals surface area contributed by atoms with Crippen LogP contribution in [-0.2, 0) is 9.53 Å². The Hall–Kier alpha value is -5.19. The first-order chi connectivity index (χ1) is 18.2. The highest BCUT2D eigenvalue weighted by Crippen LogP contribution is 2.30. The smallest absolute Gasteiger partial charge is 0.343 e. The summed E-state index contributed by atoms with van der Waals surface area (Å²) in [5.74, 6) is -3.31. The number of Topliss-reactive ketones (excluding diaryl/α,β-unsaturated/α-hetero) is 1. The Balaban J connectivity index is 1.27. The molecule has 2 amide bonds. The molecule has 192 valence electrons. The predicted molar refractivity (Wildman–Crippen MR) is 131 cm³/mol. The SMILES string of the molecule is Cc1ccc(C(=O)Oc2ccc(C(=O)COC(=O)CCN3C(=O)c4cccc([N+](=O)[O-])c4C3=O)cc2)cc1. The topological polar surface area (TPSA) is 150 Å². The van der Waals surface area contributed by atoms with E-state index in [1.54, 1.807) is 24.3 Å². The summed E-state index contributed by atoms with van der Waals surface area (Å²) >= 11 is 0. The van der Waals surface area contributed by atoms with Crippen LogP contribution in [0.5, 0.6) is 5.75 Å². The molecule has 1 aliphatic heterocycles. The van der Waals surface area contributed by atoms with Crippen molar-refractivity contribution in [3.63, 3.8) is 0 Å². The lowest BCUT2D eigenvalue weighted by molar-refractivity contribution is -0.385. The number of hydrogen-bond donors (Lipinski definition) is 0. The van der Waals surface area contributed by atoms with Crippen LogP contribution < -0.4 is 4.74 Å². The highest BCUT2D eigenvalue weighted by Gasteiger charge is 2.40. The van der Waals surface area contributed by atoms with E-state index in [4.69, 9.17) is 9.47 Å². The van der Waals surface area contributed by atoms with Crippen LogP contribution >= 0.6 is 0 Å². The number of esters is 2. The minimum atomic E-state index is -0.871. The van der Waals surface area contributed by atoms with Gasteiger partial charge in [-0.05, 0) is 49.4 Å². The Morgan fingerprint density at radius 1 is 0.895 bits per heavy atom. The van der Waals surface area contributed by atoms with Gasteiger partial charge in [0, 0.05) is 18.2 Å². The average molecular weight is 516 g/mol. The van der Waals surface area contributed by atoms with Gasteiger partial charge < -0.3 is 9.47 Å². The molecular weight excluding hydrogens is 496 g/mol. The summed E-state index contributed by atoms with van der Waals surface area (Å²) in [4.78, 5) is 72.9. The summed E-state index contributed by atoms with van der Waals surface area (Å²) in [5, 5.41) is 11.2. The lowest BCUT2D eigenvalue weighted by Crippen LogP contribution is -2.32. The fraction of sp³-hybridized carbons (Fsp3) is 0.148. The second kappa shape index (κ2) is 10.8. The Kier molecular flexibility index (Phi) is 7.38. The maximum absolute atomic E-state index is 12.5. The minimum absolute atomic E-state index is 0.110. The van der Waals surface area contributed by atoms with E-state index in [0.29, 0.717) is 5.56 Å². The van der Waals surface area contributed by atoms with E-state index in [1.807, 2.05) is 6.92 Å². The number of benzene rings is 3. The van der Waals surface area contributed by atoms with E-state index in [2.05, 4.69) is 0 Å². The number of hydrogen-bond acceptors (Lipinski definition) is 9. The third-order valence-electron chi connectivity index (χ3n) is 5.75. The Morgan fingerprint density at radius 3 is 2.21 bits per heavy atom. The minimum Gasteiger partial charge on any atom is -0.457 e. The van der Waals surface area contributed by atoms with Crippen LogP contribution in [0.3, 0.4) is 0 Å². The van der Waals surface area contributed by atoms with Crippen LogP contribution in [-0.4, -0.2) is 52.5 Å². The third-order valence-corrected chi connectivity index (χ3v) is 5.75. The Labute approximate surface area is 215 Å². The first kappa shape index (κ1) is 25.9. The molecule has 0 aliphatic carbocycles. The number of ketones is 1. The van der Waals surface area contributed by atoms with Gasteiger partial charge in [-0.3, -0.25) is 34.2 Å². The van der Waals surface area contributed by atoms with Crippen molar-refractivity contribution in [2.75, 3.05) is 13.2 Å². The van der Waals surface area contributed by atoms with Crippen molar-refractivity contribution in [3.8, 4) is 5.75 Å². The molecule has 0 atom stereocenters. The van der Waals surface area contributed by atoms with Crippen molar-refractivity contribution in [1.29, 1.82) is 0 Å². The van der Waals surface area contributed by atoms with Crippen LogP contribution in [0.15, 0.2) is 66.7 Å². The van der Waals surface area contributed by atoms with E-state index in [9.17, 15) is 34.1 Å². The van der Waals surface area contributed by atoms with Crippen molar-refractivity contribution < 1.29 is 38.4 Å².